The number of nitrogens with one attached hydrogen (secondary N) is 1. The third-order valence-corrected chi connectivity index (χ3v) is 6.00. The van der Waals surface area contributed by atoms with Crippen molar-refractivity contribution in [2.45, 2.75) is 11.6 Å². The first kappa shape index (κ1) is 19.0. The van der Waals surface area contributed by atoms with Crippen LogP contribution in [0.1, 0.15) is 23.0 Å². The van der Waals surface area contributed by atoms with Gasteiger partial charge in [-0.1, -0.05) is 18.2 Å². The first-order chi connectivity index (χ1) is 14.7. The lowest BCUT2D eigenvalue weighted by atomic mass is 9.83. The largest absolute Gasteiger partial charge is 0.497 e. The number of rotatable bonds is 5. The molecule has 1 aromatic carbocycles. The standard InChI is InChI=1S/C22H22FN5O2/c1-29-19-6-4-15(5-7-19)20(21-25-10-18(23)11-26-21)28-12-17-13-30-27-22(17,14-28)16-3-2-8-24-9-16/h2-11,17,20,27H,12-14H2,1H3. The molecule has 3 aromatic rings. The van der Waals surface area contributed by atoms with Gasteiger partial charge in [0, 0.05) is 31.4 Å². The summed E-state index contributed by atoms with van der Waals surface area (Å²) >= 11 is 0. The number of fused-ring (bicyclic) bond motifs is 1. The van der Waals surface area contributed by atoms with Crippen LogP contribution in [0.5, 0.6) is 5.75 Å². The Morgan fingerprint density at radius 2 is 2.00 bits per heavy atom. The van der Waals surface area contributed by atoms with E-state index in [-0.39, 0.29) is 17.5 Å². The number of hydrogen-bond donors (Lipinski definition) is 1. The van der Waals surface area contributed by atoms with Crippen LogP contribution in [0.4, 0.5) is 4.39 Å². The van der Waals surface area contributed by atoms with E-state index in [0.29, 0.717) is 19.0 Å². The van der Waals surface area contributed by atoms with Gasteiger partial charge in [-0.15, -0.1) is 0 Å². The Balaban J connectivity index is 1.54. The average molecular weight is 407 g/mol. The van der Waals surface area contributed by atoms with Crippen molar-refractivity contribution in [3.05, 3.63) is 84.0 Å². The third-order valence-electron chi connectivity index (χ3n) is 6.00. The van der Waals surface area contributed by atoms with Crippen LogP contribution in [0.15, 0.2) is 61.2 Å². The third kappa shape index (κ3) is 3.23. The number of ether oxygens (including phenoxy) is 1. The summed E-state index contributed by atoms with van der Waals surface area (Å²) in [6, 6.07) is 11.6. The van der Waals surface area contributed by atoms with E-state index in [2.05, 4.69) is 31.4 Å². The van der Waals surface area contributed by atoms with Crippen molar-refractivity contribution in [3.8, 4) is 5.75 Å². The van der Waals surface area contributed by atoms with E-state index in [1.54, 1.807) is 13.3 Å². The van der Waals surface area contributed by atoms with Gasteiger partial charge in [-0.25, -0.2) is 14.4 Å². The zero-order valence-corrected chi connectivity index (χ0v) is 16.5. The van der Waals surface area contributed by atoms with E-state index in [0.717, 1.165) is 23.4 Å². The van der Waals surface area contributed by atoms with Crippen molar-refractivity contribution in [2.24, 2.45) is 5.92 Å². The van der Waals surface area contributed by atoms with Crippen LogP contribution in [0.3, 0.4) is 0 Å². The van der Waals surface area contributed by atoms with E-state index in [1.165, 1.54) is 12.4 Å². The van der Waals surface area contributed by atoms with E-state index < -0.39 is 5.82 Å². The second kappa shape index (κ2) is 7.71. The van der Waals surface area contributed by atoms with Gasteiger partial charge < -0.3 is 9.57 Å². The van der Waals surface area contributed by atoms with Gasteiger partial charge in [-0.2, -0.15) is 5.48 Å². The summed E-state index contributed by atoms with van der Waals surface area (Å²) in [7, 11) is 1.64. The van der Waals surface area contributed by atoms with Gasteiger partial charge in [-0.05, 0) is 29.3 Å². The smallest absolute Gasteiger partial charge is 0.159 e. The Kier molecular flexibility index (Phi) is 4.90. The van der Waals surface area contributed by atoms with Gasteiger partial charge in [-0.3, -0.25) is 9.88 Å². The lowest BCUT2D eigenvalue weighted by Gasteiger charge is -2.31. The molecule has 154 valence electrons. The Labute approximate surface area is 173 Å². The molecule has 0 spiro atoms. The van der Waals surface area contributed by atoms with E-state index >= 15 is 0 Å². The van der Waals surface area contributed by atoms with Gasteiger partial charge in [0.15, 0.2) is 5.82 Å². The first-order valence-corrected chi connectivity index (χ1v) is 9.84. The molecule has 2 aromatic heterocycles. The summed E-state index contributed by atoms with van der Waals surface area (Å²) in [5, 5.41) is 0. The average Bonchev–Trinajstić information content (AvgIpc) is 3.35. The number of halogens is 1. The molecule has 5 rings (SSSR count). The van der Waals surface area contributed by atoms with Gasteiger partial charge in [0.2, 0.25) is 0 Å². The minimum Gasteiger partial charge on any atom is -0.497 e. The summed E-state index contributed by atoms with van der Waals surface area (Å²) < 4.78 is 18.8. The summed E-state index contributed by atoms with van der Waals surface area (Å²) in [5.41, 5.74) is 5.00. The molecular formula is C22H22FN5O2. The predicted octanol–water partition coefficient (Wildman–Crippen LogP) is 2.47. The summed E-state index contributed by atoms with van der Waals surface area (Å²) in [4.78, 5) is 20.9. The summed E-state index contributed by atoms with van der Waals surface area (Å²) in [6.07, 6.45) is 6.08. The number of nitrogens with zero attached hydrogens (tertiary/aromatic N) is 4. The fourth-order valence-corrected chi connectivity index (χ4v) is 4.52. The maximum Gasteiger partial charge on any atom is 0.159 e. The molecule has 2 aliphatic rings. The van der Waals surface area contributed by atoms with Crippen molar-refractivity contribution in [2.75, 3.05) is 26.8 Å². The molecular weight excluding hydrogens is 385 g/mol. The fraction of sp³-hybridized carbons (Fsp3) is 0.318. The number of aromatic nitrogens is 3. The van der Waals surface area contributed by atoms with Crippen molar-refractivity contribution >= 4 is 0 Å². The number of likely N-dealkylation sites (tertiary alicyclic amines) is 1. The second-order valence-electron chi connectivity index (χ2n) is 7.69. The molecule has 4 heterocycles. The molecule has 1 N–H and O–H groups in total. The fourth-order valence-electron chi connectivity index (χ4n) is 4.52. The molecule has 3 atom stereocenters. The molecule has 30 heavy (non-hydrogen) atoms. The van der Waals surface area contributed by atoms with Gasteiger partial charge in [0.05, 0.1) is 37.7 Å². The van der Waals surface area contributed by atoms with Crippen LogP contribution in [0.2, 0.25) is 0 Å². The highest BCUT2D eigenvalue weighted by Gasteiger charge is 2.54. The first-order valence-electron chi connectivity index (χ1n) is 9.84. The van der Waals surface area contributed by atoms with Crippen LogP contribution < -0.4 is 10.2 Å². The molecule has 0 amide bonds. The molecule has 0 bridgehead atoms. The number of hydrogen-bond acceptors (Lipinski definition) is 7. The molecule has 2 aliphatic heterocycles. The number of benzene rings is 1. The maximum atomic E-state index is 13.5. The SMILES string of the molecule is COc1ccc(C(c2ncc(F)cn2)N2CC3CONC3(c3cccnc3)C2)cc1. The van der Waals surface area contributed by atoms with Crippen molar-refractivity contribution in [3.63, 3.8) is 0 Å². The normalized spacial score (nSPS) is 24.5. The molecule has 2 saturated heterocycles. The minimum absolute atomic E-state index is 0.225. The Bertz CT molecular complexity index is 1000. The van der Waals surface area contributed by atoms with Crippen LogP contribution in [-0.2, 0) is 10.4 Å². The number of hydroxylamine groups is 1. The second-order valence-corrected chi connectivity index (χ2v) is 7.69. The van der Waals surface area contributed by atoms with Crippen molar-refractivity contribution in [1.29, 1.82) is 0 Å². The highest BCUT2D eigenvalue weighted by molar-refractivity contribution is 5.34. The molecule has 2 fully saturated rings. The molecule has 8 heteroatoms. The van der Waals surface area contributed by atoms with E-state index in [9.17, 15) is 4.39 Å². The number of pyridine rings is 1. The lowest BCUT2D eigenvalue weighted by Crippen LogP contribution is -2.43. The highest BCUT2D eigenvalue weighted by Crippen LogP contribution is 2.44. The van der Waals surface area contributed by atoms with Crippen molar-refractivity contribution in [1.82, 2.24) is 25.3 Å². The zero-order valence-electron chi connectivity index (χ0n) is 16.5. The van der Waals surface area contributed by atoms with Crippen molar-refractivity contribution < 1.29 is 14.0 Å². The van der Waals surface area contributed by atoms with Crippen LogP contribution in [0.25, 0.3) is 0 Å². The number of methoxy groups -OCH3 is 1. The monoisotopic (exact) mass is 407 g/mol. The Morgan fingerprint density at radius 3 is 2.70 bits per heavy atom. The molecule has 7 nitrogen and oxygen atoms in total. The topological polar surface area (TPSA) is 72.4 Å². The predicted molar refractivity (Wildman–Crippen MR) is 107 cm³/mol. The van der Waals surface area contributed by atoms with Gasteiger partial charge >= 0.3 is 0 Å². The zero-order chi connectivity index (χ0) is 20.6. The van der Waals surface area contributed by atoms with Crippen LogP contribution >= 0.6 is 0 Å². The van der Waals surface area contributed by atoms with E-state index in [4.69, 9.17) is 9.57 Å². The minimum atomic E-state index is -0.451. The summed E-state index contributed by atoms with van der Waals surface area (Å²) in [5.74, 6) is 1.12. The van der Waals surface area contributed by atoms with Crippen LogP contribution in [-0.4, -0.2) is 46.7 Å². The van der Waals surface area contributed by atoms with Gasteiger partial charge in [0.1, 0.15) is 11.6 Å². The Hall–Kier alpha value is -2.94. The van der Waals surface area contributed by atoms with E-state index in [1.807, 2.05) is 36.5 Å². The van der Waals surface area contributed by atoms with Gasteiger partial charge in [0.25, 0.3) is 0 Å². The molecule has 0 saturated carbocycles. The van der Waals surface area contributed by atoms with Crippen LogP contribution in [0, 0.1) is 11.7 Å². The molecule has 0 aliphatic carbocycles. The lowest BCUT2D eigenvalue weighted by molar-refractivity contribution is 0.0436. The highest BCUT2D eigenvalue weighted by atomic mass is 19.1. The molecule has 0 radical (unpaired) electrons. The molecule has 3 unspecified atom stereocenters. The quantitative estimate of drug-likeness (QED) is 0.697. The maximum absolute atomic E-state index is 13.5. The Morgan fingerprint density at radius 1 is 1.20 bits per heavy atom. The summed E-state index contributed by atoms with van der Waals surface area (Å²) in [6.45, 7) is 2.06.